The Morgan fingerprint density at radius 3 is 2.96 bits per heavy atom. The van der Waals surface area contributed by atoms with Crippen LogP contribution in [-0.4, -0.2) is 58.3 Å². The second-order valence-corrected chi connectivity index (χ2v) is 6.34. The molecule has 2 aromatic rings. The van der Waals surface area contributed by atoms with Crippen LogP contribution in [0.5, 0.6) is 0 Å². The van der Waals surface area contributed by atoms with Crippen molar-refractivity contribution in [2.75, 3.05) is 26.2 Å². The first-order valence-electron chi connectivity index (χ1n) is 8.69. The minimum absolute atomic E-state index is 0.0442. The van der Waals surface area contributed by atoms with Gasteiger partial charge >= 0.3 is 0 Å². The molecule has 1 fully saturated rings. The molecule has 1 aromatic heterocycles. The van der Waals surface area contributed by atoms with Crippen LogP contribution < -0.4 is 5.32 Å². The highest BCUT2D eigenvalue weighted by molar-refractivity contribution is 5.81. The fourth-order valence-electron chi connectivity index (χ4n) is 2.97. The standard InChI is InChI=1S/C18H25N5O2/c1-13(18(24)19-9-8-15-6-4-3-5-7-15)23-10-11-25-16(12-23)17-20-14(2)21-22-17/h3-7,13,16H,8-12H2,1-2H3,(H,19,24)(H,20,21,22)/t13-,16-/m0/s1. The van der Waals surface area contributed by atoms with Crippen molar-refractivity contribution in [3.8, 4) is 0 Å². The van der Waals surface area contributed by atoms with E-state index in [2.05, 4.69) is 37.5 Å². The zero-order valence-electron chi connectivity index (χ0n) is 14.7. The van der Waals surface area contributed by atoms with Crippen molar-refractivity contribution in [2.24, 2.45) is 0 Å². The minimum Gasteiger partial charge on any atom is -0.367 e. The molecule has 0 radical (unpaired) electrons. The number of nitrogens with zero attached hydrogens (tertiary/aromatic N) is 3. The molecule has 1 aromatic carbocycles. The minimum atomic E-state index is -0.206. The highest BCUT2D eigenvalue weighted by Gasteiger charge is 2.30. The number of aromatic amines is 1. The molecule has 134 valence electrons. The van der Waals surface area contributed by atoms with Crippen molar-refractivity contribution in [1.29, 1.82) is 0 Å². The summed E-state index contributed by atoms with van der Waals surface area (Å²) in [5, 5.41) is 10.0. The van der Waals surface area contributed by atoms with E-state index in [1.807, 2.05) is 32.0 Å². The van der Waals surface area contributed by atoms with Crippen molar-refractivity contribution >= 4 is 5.91 Å². The molecule has 7 heteroatoms. The number of ether oxygens (including phenoxy) is 1. The van der Waals surface area contributed by atoms with E-state index in [0.717, 1.165) is 18.8 Å². The van der Waals surface area contributed by atoms with Gasteiger partial charge in [0.1, 0.15) is 11.9 Å². The zero-order chi connectivity index (χ0) is 17.6. The Morgan fingerprint density at radius 2 is 2.24 bits per heavy atom. The number of hydrogen-bond donors (Lipinski definition) is 2. The van der Waals surface area contributed by atoms with Crippen LogP contribution in [0.3, 0.4) is 0 Å². The number of amides is 1. The van der Waals surface area contributed by atoms with Gasteiger partial charge in [-0.2, -0.15) is 5.10 Å². The van der Waals surface area contributed by atoms with Gasteiger partial charge in [0.2, 0.25) is 5.91 Å². The molecule has 2 atom stereocenters. The van der Waals surface area contributed by atoms with E-state index < -0.39 is 0 Å². The van der Waals surface area contributed by atoms with Crippen LogP contribution in [0.1, 0.15) is 30.2 Å². The maximum absolute atomic E-state index is 12.4. The number of H-pyrrole nitrogens is 1. The first kappa shape index (κ1) is 17.6. The average molecular weight is 343 g/mol. The lowest BCUT2D eigenvalue weighted by Gasteiger charge is -2.35. The second-order valence-electron chi connectivity index (χ2n) is 6.34. The maximum Gasteiger partial charge on any atom is 0.237 e. The summed E-state index contributed by atoms with van der Waals surface area (Å²) in [6.45, 7) is 6.35. The van der Waals surface area contributed by atoms with E-state index >= 15 is 0 Å². The molecule has 2 heterocycles. The Bertz CT molecular complexity index is 688. The second kappa shape index (κ2) is 8.22. The third-order valence-corrected chi connectivity index (χ3v) is 4.48. The molecule has 1 amide bonds. The van der Waals surface area contributed by atoms with Crippen LogP contribution in [-0.2, 0) is 16.0 Å². The summed E-state index contributed by atoms with van der Waals surface area (Å²) < 4.78 is 5.76. The summed E-state index contributed by atoms with van der Waals surface area (Å²) in [6.07, 6.45) is 0.639. The van der Waals surface area contributed by atoms with Gasteiger partial charge in [-0.15, -0.1) is 0 Å². The van der Waals surface area contributed by atoms with Crippen LogP contribution in [0.4, 0.5) is 0 Å². The van der Waals surface area contributed by atoms with E-state index in [1.54, 1.807) is 0 Å². The van der Waals surface area contributed by atoms with Crippen LogP contribution in [0.15, 0.2) is 30.3 Å². The molecular formula is C18H25N5O2. The lowest BCUT2D eigenvalue weighted by molar-refractivity contribution is -0.129. The predicted octanol–water partition coefficient (Wildman–Crippen LogP) is 1.23. The average Bonchev–Trinajstić information content (AvgIpc) is 3.08. The lowest BCUT2D eigenvalue weighted by atomic mass is 10.1. The Labute approximate surface area is 147 Å². The number of aryl methyl sites for hydroxylation is 1. The SMILES string of the molecule is Cc1nc([C@@H]2CN([C@@H](C)C(=O)NCCc3ccccc3)CCO2)n[nH]1. The Kier molecular flexibility index (Phi) is 5.78. The van der Waals surface area contributed by atoms with Crippen LogP contribution in [0, 0.1) is 6.92 Å². The van der Waals surface area contributed by atoms with E-state index in [1.165, 1.54) is 5.56 Å². The topological polar surface area (TPSA) is 83.1 Å². The number of hydrogen-bond acceptors (Lipinski definition) is 5. The van der Waals surface area contributed by atoms with Crippen LogP contribution in [0.25, 0.3) is 0 Å². The maximum atomic E-state index is 12.4. The Hall–Kier alpha value is -2.25. The summed E-state index contributed by atoms with van der Waals surface area (Å²) >= 11 is 0. The number of carbonyl (C=O) groups excluding carboxylic acids is 1. The van der Waals surface area contributed by atoms with Gasteiger partial charge in [0, 0.05) is 19.6 Å². The molecule has 0 bridgehead atoms. The van der Waals surface area contributed by atoms with Crippen molar-refractivity contribution in [3.05, 3.63) is 47.5 Å². The van der Waals surface area contributed by atoms with Crippen LogP contribution >= 0.6 is 0 Å². The molecule has 0 unspecified atom stereocenters. The zero-order valence-corrected chi connectivity index (χ0v) is 14.7. The summed E-state index contributed by atoms with van der Waals surface area (Å²) in [7, 11) is 0. The molecule has 2 N–H and O–H groups in total. The Morgan fingerprint density at radius 1 is 1.44 bits per heavy atom. The summed E-state index contributed by atoms with van der Waals surface area (Å²) in [6, 6.07) is 9.95. The van der Waals surface area contributed by atoms with Crippen molar-refractivity contribution in [1.82, 2.24) is 25.4 Å². The normalized spacial score (nSPS) is 19.5. The molecule has 25 heavy (non-hydrogen) atoms. The summed E-state index contributed by atoms with van der Waals surface area (Å²) in [5.41, 5.74) is 1.22. The van der Waals surface area contributed by atoms with Crippen molar-refractivity contribution in [2.45, 2.75) is 32.4 Å². The molecule has 0 spiro atoms. The first-order valence-corrected chi connectivity index (χ1v) is 8.69. The molecular weight excluding hydrogens is 318 g/mol. The van der Waals surface area contributed by atoms with Gasteiger partial charge < -0.3 is 10.1 Å². The van der Waals surface area contributed by atoms with Gasteiger partial charge in [0.15, 0.2) is 5.82 Å². The fraction of sp³-hybridized carbons (Fsp3) is 0.500. The smallest absolute Gasteiger partial charge is 0.237 e. The molecule has 3 rings (SSSR count). The van der Waals surface area contributed by atoms with Crippen molar-refractivity contribution in [3.63, 3.8) is 0 Å². The molecule has 0 aliphatic carbocycles. The third kappa shape index (κ3) is 4.64. The Balaban J connectivity index is 1.49. The van der Waals surface area contributed by atoms with Gasteiger partial charge in [-0.1, -0.05) is 30.3 Å². The molecule has 1 saturated heterocycles. The molecule has 1 aliphatic rings. The number of carbonyl (C=O) groups is 1. The van der Waals surface area contributed by atoms with E-state index in [4.69, 9.17) is 4.74 Å². The number of rotatable bonds is 6. The highest BCUT2D eigenvalue weighted by Crippen LogP contribution is 2.20. The predicted molar refractivity (Wildman–Crippen MR) is 94.0 cm³/mol. The van der Waals surface area contributed by atoms with Gasteiger partial charge in [-0.05, 0) is 25.8 Å². The number of nitrogens with one attached hydrogen (secondary N) is 2. The van der Waals surface area contributed by atoms with Crippen molar-refractivity contribution < 1.29 is 9.53 Å². The number of aromatic nitrogens is 3. The van der Waals surface area contributed by atoms with Gasteiger partial charge in [-0.3, -0.25) is 14.8 Å². The van der Waals surface area contributed by atoms with Gasteiger partial charge in [-0.25, -0.2) is 4.98 Å². The van der Waals surface area contributed by atoms with Gasteiger partial charge in [0.25, 0.3) is 0 Å². The molecule has 0 saturated carbocycles. The summed E-state index contributed by atoms with van der Waals surface area (Å²) in [4.78, 5) is 18.9. The number of morpholine rings is 1. The monoisotopic (exact) mass is 343 g/mol. The van der Waals surface area contributed by atoms with E-state index in [-0.39, 0.29) is 18.1 Å². The largest absolute Gasteiger partial charge is 0.367 e. The fourth-order valence-corrected chi connectivity index (χ4v) is 2.97. The quantitative estimate of drug-likeness (QED) is 0.824. The van der Waals surface area contributed by atoms with E-state index in [0.29, 0.717) is 25.5 Å². The summed E-state index contributed by atoms with van der Waals surface area (Å²) in [5.74, 6) is 1.46. The van der Waals surface area contributed by atoms with Gasteiger partial charge in [0.05, 0.1) is 12.6 Å². The highest BCUT2D eigenvalue weighted by atomic mass is 16.5. The van der Waals surface area contributed by atoms with Crippen LogP contribution in [0.2, 0.25) is 0 Å². The molecule has 1 aliphatic heterocycles. The van der Waals surface area contributed by atoms with E-state index in [9.17, 15) is 4.79 Å². The molecule has 7 nitrogen and oxygen atoms in total. The number of benzene rings is 1. The first-order chi connectivity index (χ1) is 12.1. The lowest BCUT2D eigenvalue weighted by Crippen LogP contribution is -2.50. The third-order valence-electron chi connectivity index (χ3n) is 4.48.